The Morgan fingerprint density at radius 3 is 2.64 bits per heavy atom. The predicted octanol–water partition coefficient (Wildman–Crippen LogP) is 0.939. The highest BCUT2D eigenvalue weighted by atomic mass is 32.2. The summed E-state index contributed by atoms with van der Waals surface area (Å²) in [5, 5.41) is 2.49. The van der Waals surface area contributed by atoms with Crippen LogP contribution in [0.25, 0.3) is 0 Å². The molecular formula is C14H18FN3O5S2. The molecule has 1 aliphatic rings. The van der Waals surface area contributed by atoms with E-state index in [1.165, 1.54) is 24.1 Å². The van der Waals surface area contributed by atoms with Crippen LogP contribution in [-0.4, -0.2) is 51.7 Å². The molecule has 1 heterocycles. The Morgan fingerprint density at radius 1 is 1.48 bits per heavy atom. The summed E-state index contributed by atoms with van der Waals surface area (Å²) in [4.78, 5) is 24.6. The topological polar surface area (TPSA) is 96.0 Å². The van der Waals surface area contributed by atoms with Gasteiger partial charge in [0.1, 0.15) is 5.82 Å². The normalized spacial score (nSPS) is 20.4. The number of halogens is 1. The van der Waals surface area contributed by atoms with Gasteiger partial charge >= 0.3 is 6.09 Å². The molecule has 138 valence electrons. The van der Waals surface area contributed by atoms with E-state index in [4.69, 9.17) is 4.74 Å². The lowest BCUT2D eigenvalue weighted by molar-refractivity contribution is -0.121. The number of amides is 2. The van der Waals surface area contributed by atoms with Crippen LogP contribution in [0, 0.1) is 5.82 Å². The van der Waals surface area contributed by atoms with Crippen molar-refractivity contribution in [2.45, 2.75) is 19.2 Å². The third kappa shape index (κ3) is 3.98. The first kappa shape index (κ1) is 19.3. The second kappa shape index (κ2) is 7.08. The maximum Gasteiger partial charge on any atom is 0.416 e. The van der Waals surface area contributed by atoms with Crippen molar-refractivity contribution in [1.29, 1.82) is 0 Å². The zero-order chi connectivity index (χ0) is 18.9. The fourth-order valence-electron chi connectivity index (χ4n) is 2.34. The van der Waals surface area contributed by atoms with Gasteiger partial charge in [-0.25, -0.2) is 17.6 Å². The second-order valence-corrected chi connectivity index (χ2v) is 7.84. The van der Waals surface area contributed by atoms with E-state index in [0.717, 1.165) is 16.6 Å². The van der Waals surface area contributed by atoms with Crippen molar-refractivity contribution < 1.29 is 27.1 Å². The molecule has 2 amide bonds. The smallest absolute Gasteiger partial charge is 0.416 e. The summed E-state index contributed by atoms with van der Waals surface area (Å²) in [5.74, 6) is -1.29. The van der Waals surface area contributed by atoms with Crippen molar-refractivity contribution in [2.75, 3.05) is 28.3 Å². The Labute approximate surface area is 150 Å². The van der Waals surface area contributed by atoms with E-state index in [2.05, 4.69) is 17.9 Å². The maximum atomic E-state index is 14.3. The van der Waals surface area contributed by atoms with Gasteiger partial charge in [-0.2, -0.15) is 12.6 Å². The molecule has 0 aliphatic carbocycles. The molecule has 1 saturated heterocycles. The molecule has 11 heteroatoms. The average Bonchev–Trinajstić information content (AvgIpc) is 2.79. The number of nitrogens with one attached hydrogen (secondary N) is 1. The lowest BCUT2D eigenvalue weighted by Crippen LogP contribution is -2.44. The van der Waals surface area contributed by atoms with Crippen LogP contribution in [-0.2, 0) is 19.6 Å². The van der Waals surface area contributed by atoms with Crippen molar-refractivity contribution in [3.05, 3.63) is 24.0 Å². The van der Waals surface area contributed by atoms with Gasteiger partial charge in [-0.15, -0.1) is 0 Å². The summed E-state index contributed by atoms with van der Waals surface area (Å²) in [7, 11) is -2.40. The lowest BCUT2D eigenvalue weighted by atomic mass is 10.2. The number of benzene rings is 1. The van der Waals surface area contributed by atoms with Crippen LogP contribution in [0.3, 0.4) is 0 Å². The fraction of sp³-hybridized carbons (Fsp3) is 0.429. The van der Waals surface area contributed by atoms with Crippen molar-refractivity contribution in [3.8, 4) is 0 Å². The molecule has 1 unspecified atom stereocenters. The Hall–Kier alpha value is -2.01. The minimum Gasteiger partial charge on any atom is -0.423 e. The third-order valence-electron chi connectivity index (χ3n) is 3.76. The molecule has 0 saturated carbocycles. The highest BCUT2D eigenvalue weighted by Crippen LogP contribution is 2.30. The molecule has 2 rings (SSSR count). The van der Waals surface area contributed by atoms with Gasteiger partial charge in [0, 0.05) is 7.05 Å². The number of anilines is 2. The summed E-state index contributed by atoms with van der Waals surface area (Å²) in [6.45, 7) is 1.63. The molecule has 0 aromatic heterocycles. The Morgan fingerprint density at radius 2 is 2.12 bits per heavy atom. The molecule has 0 bridgehead atoms. The second-order valence-electron chi connectivity index (χ2n) is 5.51. The van der Waals surface area contributed by atoms with E-state index in [1.807, 2.05) is 0 Å². The molecule has 2 atom stereocenters. The van der Waals surface area contributed by atoms with E-state index >= 15 is 0 Å². The summed E-state index contributed by atoms with van der Waals surface area (Å²) in [5.41, 5.74) is 0.0367. The SMILES string of the molecule is CC1[C@@H](NC(=O)CS)OC(=O)N1c1ccc(N(C)S(C)(=O)=O)c(F)c1. The van der Waals surface area contributed by atoms with E-state index < -0.39 is 40.1 Å². The first-order chi connectivity index (χ1) is 11.6. The van der Waals surface area contributed by atoms with Gasteiger partial charge in [-0.05, 0) is 25.1 Å². The van der Waals surface area contributed by atoms with Crippen LogP contribution in [0.4, 0.5) is 20.6 Å². The number of hydrogen-bond donors (Lipinski definition) is 2. The maximum absolute atomic E-state index is 14.3. The number of rotatable bonds is 5. The largest absolute Gasteiger partial charge is 0.423 e. The number of thiol groups is 1. The molecule has 1 fully saturated rings. The van der Waals surface area contributed by atoms with Crippen molar-refractivity contribution in [1.82, 2.24) is 5.32 Å². The first-order valence-electron chi connectivity index (χ1n) is 7.19. The standard InChI is InChI=1S/C14H18FN3O5S2/c1-8-13(16-12(19)7-24)23-14(20)18(8)9-4-5-11(10(15)6-9)17(2)25(3,21)22/h4-6,8,13,24H,7H2,1-3H3,(H,16,19)/t8?,13-/m0/s1. The van der Waals surface area contributed by atoms with E-state index in [-0.39, 0.29) is 17.1 Å². The van der Waals surface area contributed by atoms with Gasteiger partial charge in [-0.1, -0.05) is 0 Å². The minimum absolute atomic E-state index is 0.0675. The van der Waals surface area contributed by atoms with E-state index in [1.54, 1.807) is 6.92 Å². The number of carbonyl (C=O) groups excluding carboxylic acids is 2. The number of ether oxygens (including phenoxy) is 1. The number of nitrogens with zero attached hydrogens (tertiary/aromatic N) is 2. The van der Waals surface area contributed by atoms with Gasteiger partial charge in [-0.3, -0.25) is 14.0 Å². The monoisotopic (exact) mass is 391 g/mol. The number of hydrogen-bond acceptors (Lipinski definition) is 6. The molecular weight excluding hydrogens is 373 g/mol. The number of sulfonamides is 1. The molecule has 1 aromatic carbocycles. The minimum atomic E-state index is -3.62. The Kier molecular flexibility index (Phi) is 5.47. The summed E-state index contributed by atoms with van der Waals surface area (Å²) >= 11 is 3.83. The third-order valence-corrected chi connectivity index (χ3v) is 5.24. The molecule has 8 nitrogen and oxygen atoms in total. The van der Waals surface area contributed by atoms with Crippen LogP contribution in [0.2, 0.25) is 0 Å². The van der Waals surface area contributed by atoms with Gasteiger partial charge in [0.2, 0.25) is 15.9 Å². The Bertz CT molecular complexity index is 802. The van der Waals surface area contributed by atoms with E-state index in [0.29, 0.717) is 0 Å². The van der Waals surface area contributed by atoms with Crippen molar-refractivity contribution >= 4 is 46.0 Å². The Balaban J connectivity index is 2.29. The lowest BCUT2D eigenvalue weighted by Gasteiger charge is -2.23. The van der Waals surface area contributed by atoms with Crippen LogP contribution in [0.5, 0.6) is 0 Å². The van der Waals surface area contributed by atoms with Gasteiger partial charge < -0.3 is 10.1 Å². The highest BCUT2D eigenvalue weighted by Gasteiger charge is 2.40. The first-order valence-corrected chi connectivity index (χ1v) is 9.68. The molecule has 0 spiro atoms. The highest BCUT2D eigenvalue weighted by molar-refractivity contribution is 7.92. The summed E-state index contributed by atoms with van der Waals surface area (Å²) in [6, 6.07) is 3.11. The van der Waals surface area contributed by atoms with Crippen molar-refractivity contribution in [2.24, 2.45) is 0 Å². The van der Waals surface area contributed by atoms with Gasteiger partial charge in [0.05, 0.1) is 29.4 Å². The predicted molar refractivity (Wildman–Crippen MR) is 93.9 cm³/mol. The molecule has 1 N–H and O–H groups in total. The number of carbonyl (C=O) groups is 2. The van der Waals surface area contributed by atoms with Crippen LogP contribution < -0.4 is 14.5 Å². The van der Waals surface area contributed by atoms with Gasteiger partial charge in [0.25, 0.3) is 0 Å². The quantitative estimate of drug-likeness (QED) is 0.729. The summed E-state index contributed by atoms with van der Waals surface area (Å²) in [6.07, 6.45) is -0.691. The fourth-order valence-corrected chi connectivity index (χ4v) is 2.94. The van der Waals surface area contributed by atoms with Crippen LogP contribution >= 0.6 is 12.6 Å². The number of cyclic esters (lactones) is 1. The molecule has 0 radical (unpaired) electrons. The average molecular weight is 391 g/mol. The van der Waals surface area contributed by atoms with Crippen molar-refractivity contribution in [3.63, 3.8) is 0 Å². The van der Waals surface area contributed by atoms with Crippen LogP contribution in [0.15, 0.2) is 18.2 Å². The van der Waals surface area contributed by atoms with Gasteiger partial charge in [0.15, 0.2) is 6.23 Å². The van der Waals surface area contributed by atoms with Crippen LogP contribution in [0.1, 0.15) is 6.92 Å². The molecule has 1 aromatic rings. The van der Waals surface area contributed by atoms with E-state index in [9.17, 15) is 22.4 Å². The zero-order valence-electron chi connectivity index (χ0n) is 13.8. The molecule has 1 aliphatic heterocycles. The summed E-state index contributed by atoms with van der Waals surface area (Å²) < 4.78 is 43.3. The molecule has 25 heavy (non-hydrogen) atoms. The zero-order valence-corrected chi connectivity index (χ0v) is 15.5.